The number of amides is 1. The number of esters is 1. The number of carbonyl (C=O) groups excluding carboxylic acids is 2. The molecule has 0 atom stereocenters. The van der Waals surface area contributed by atoms with E-state index in [1.54, 1.807) is 24.4 Å². The summed E-state index contributed by atoms with van der Waals surface area (Å²) in [5.41, 5.74) is 0.601. The summed E-state index contributed by atoms with van der Waals surface area (Å²) in [6.07, 6.45) is 0. The van der Waals surface area contributed by atoms with Crippen LogP contribution in [0.15, 0.2) is 29.6 Å². The molecule has 0 bridgehead atoms. The van der Waals surface area contributed by atoms with Crippen LogP contribution in [0.25, 0.3) is 0 Å². The van der Waals surface area contributed by atoms with Crippen LogP contribution in [0.4, 0.5) is 5.00 Å². The molecule has 1 heterocycles. The van der Waals surface area contributed by atoms with Crippen molar-refractivity contribution in [3.63, 3.8) is 0 Å². The van der Waals surface area contributed by atoms with Crippen LogP contribution >= 0.6 is 34.5 Å². The van der Waals surface area contributed by atoms with Gasteiger partial charge in [0.2, 0.25) is 0 Å². The molecule has 0 fully saturated rings. The molecule has 0 radical (unpaired) electrons. The van der Waals surface area contributed by atoms with Crippen molar-refractivity contribution >= 4 is 51.4 Å². The molecule has 2 rings (SSSR count). The minimum atomic E-state index is -0.476. The fraction of sp³-hybridized carbons (Fsp3) is 0.143. The molecule has 0 aliphatic rings. The Morgan fingerprint density at radius 3 is 2.67 bits per heavy atom. The lowest BCUT2D eigenvalue weighted by atomic mass is 10.2. The maximum atomic E-state index is 12.2. The van der Waals surface area contributed by atoms with Crippen molar-refractivity contribution in [1.29, 1.82) is 0 Å². The third-order valence-electron chi connectivity index (χ3n) is 2.56. The second kappa shape index (κ2) is 6.93. The van der Waals surface area contributed by atoms with Gasteiger partial charge in [-0.2, -0.15) is 0 Å². The molecule has 1 aromatic carbocycles. The zero-order valence-corrected chi connectivity index (χ0v) is 13.3. The van der Waals surface area contributed by atoms with E-state index in [1.807, 2.05) is 0 Å². The molecular weight excluding hydrogens is 333 g/mol. The van der Waals surface area contributed by atoms with Crippen molar-refractivity contribution in [2.24, 2.45) is 0 Å². The average molecular weight is 344 g/mol. The van der Waals surface area contributed by atoms with Gasteiger partial charge in [-0.15, -0.1) is 11.3 Å². The Kier molecular flexibility index (Phi) is 5.22. The van der Waals surface area contributed by atoms with Gasteiger partial charge >= 0.3 is 5.97 Å². The summed E-state index contributed by atoms with van der Waals surface area (Å²) >= 11 is 13.0. The minimum absolute atomic E-state index is 0.245. The Bertz CT molecular complexity index is 685. The second-order valence-corrected chi connectivity index (χ2v) is 5.72. The highest BCUT2D eigenvalue weighted by molar-refractivity contribution is 7.14. The highest BCUT2D eigenvalue weighted by Crippen LogP contribution is 2.27. The molecular formula is C14H11Cl2NO3S. The van der Waals surface area contributed by atoms with Gasteiger partial charge in [-0.25, -0.2) is 4.79 Å². The summed E-state index contributed by atoms with van der Waals surface area (Å²) in [5.74, 6) is -0.888. The molecule has 0 spiro atoms. The van der Waals surface area contributed by atoms with E-state index in [-0.39, 0.29) is 17.2 Å². The average Bonchev–Trinajstić information content (AvgIpc) is 2.87. The van der Waals surface area contributed by atoms with Crippen LogP contribution < -0.4 is 5.32 Å². The van der Waals surface area contributed by atoms with Crippen LogP contribution in [0, 0.1) is 0 Å². The van der Waals surface area contributed by atoms with Gasteiger partial charge in [0.1, 0.15) is 5.00 Å². The third kappa shape index (κ3) is 3.75. The maximum Gasteiger partial charge on any atom is 0.341 e. The summed E-state index contributed by atoms with van der Waals surface area (Å²) in [6, 6.07) is 6.18. The highest BCUT2D eigenvalue weighted by atomic mass is 35.5. The summed E-state index contributed by atoms with van der Waals surface area (Å²) in [6.45, 7) is 1.99. The molecule has 1 N–H and O–H groups in total. The summed E-state index contributed by atoms with van der Waals surface area (Å²) in [4.78, 5) is 23.9. The van der Waals surface area contributed by atoms with Crippen molar-refractivity contribution < 1.29 is 14.3 Å². The first-order valence-corrected chi connectivity index (χ1v) is 7.67. The summed E-state index contributed by atoms with van der Waals surface area (Å²) < 4.78 is 4.93. The first-order chi connectivity index (χ1) is 10.0. The normalized spacial score (nSPS) is 10.2. The molecule has 0 saturated carbocycles. The van der Waals surface area contributed by atoms with Crippen LogP contribution in [0.2, 0.25) is 10.0 Å². The van der Waals surface area contributed by atoms with Gasteiger partial charge in [0, 0.05) is 5.02 Å². The molecule has 0 unspecified atom stereocenters. The van der Waals surface area contributed by atoms with E-state index in [1.165, 1.54) is 23.5 Å². The quantitative estimate of drug-likeness (QED) is 0.832. The number of anilines is 1. The van der Waals surface area contributed by atoms with Gasteiger partial charge in [-0.3, -0.25) is 4.79 Å². The van der Waals surface area contributed by atoms with Gasteiger partial charge in [0.25, 0.3) is 5.91 Å². The Morgan fingerprint density at radius 2 is 2.00 bits per heavy atom. The molecule has 0 saturated heterocycles. The SMILES string of the molecule is CCOC(=O)c1ccsc1NC(=O)c1ccc(Cl)cc1Cl. The lowest BCUT2D eigenvalue weighted by Crippen LogP contribution is -2.14. The van der Waals surface area contributed by atoms with Crippen molar-refractivity contribution in [1.82, 2.24) is 0 Å². The van der Waals surface area contributed by atoms with E-state index < -0.39 is 11.9 Å². The summed E-state index contributed by atoms with van der Waals surface area (Å²) in [5, 5.41) is 5.47. The Morgan fingerprint density at radius 1 is 1.24 bits per heavy atom. The lowest BCUT2D eigenvalue weighted by molar-refractivity contribution is 0.0528. The number of benzene rings is 1. The molecule has 1 amide bonds. The first-order valence-electron chi connectivity index (χ1n) is 6.04. The standard InChI is InChI=1S/C14H11Cl2NO3S/c1-2-20-14(19)10-5-6-21-13(10)17-12(18)9-4-3-8(15)7-11(9)16/h3-7H,2H2,1H3,(H,17,18). The van der Waals surface area contributed by atoms with E-state index in [0.717, 1.165) is 0 Å². The van der Waals surface area contributed by atoms with Gasteiger partial charge in [0.15, 0.2) is 0 Å². The molecule has 7 heteroatoms. The van der Waals surface area contributed by atoms with Crippen molar-refractivity contribution in [3.05, 3.63) is 50.8 Å². The molecule has 1 aromatic heterocycles. The van der Waals surface area contributed by atoms with Crippen LogP contribution in [0.3, 0.4) is 0 Å². The maximum absolute atomic E-state index is 12.2. The number of carbonyl (C=O) groups is 2. The minimum Gasteiger partial charge on any atom is -0.462 e. The van der Waals surface area contributed by atoms with Crippen molar-refractivity contribution in [2.75, 3.05) is 11.9 Å². The highest BCUT2D eigenvalue weighted by Gasteiger charge is 2.18. The van der Waals surface area contributed by atoms with Crippen LogP contribution in [0.5, 0.6) is 0 Å². The Balaban J connectivity index is 2.20. The van der Waals surface area contributed by atoms with E-state index in [0.29, 0.717) is 15.6 Å². The lowest BCUT2D eigenvalue weighted by Gasteiger charge is -2.07. The number of hydrogen-bond donors (Lipinski definition) is 1. The van der Waals surface area contributed by atoms with E-state index in [9.17, 15) is 9.59 Å². The largest absolute Gasteiger partial charge is 0.462 e. The van der Waals surface area contributed by atoms with E-state index >= 15 is 0 Å². The zero-order valence-electron chi connectivity index (χ0n) is 11.0. The topological polar surface area (TPSA) is 55.4 Å². The van der Waals surface area contributed by atoms with Crippen LogP contribution in [-0.4, -0.2) is 18.5 Å². The monoisotopic (exact) mass is 343 g/mol. The third-order valence-corrected chi connectivity index (χ3v) is 3.94. The molecule has 2 aromatic rings. The number of rotatable bonds is 4. The Labute approximate surface area is 135 Å². The number of thiophene rings is 1. The fourth-order valence-corrected chi connectivity index (χ4v) is 2.88. The van der Waals surface area contributed by atoms with Crippen LogP contribution in [-0.2, 0) is 4.74 Å². The van der Waals surface area contributed by atoms with Gasteiger partial charge in [0.05, 0.1) is 22.8 Å². The van der Waals surface area contributed by atoms with Crippen molar-refractivity contribution in [2.45, 2.75) is 6.92 Å². The van der Waals surface area contributed by atoms with Gasteiger partial charge in [-0.05, 0) is 36.6 Å². The summed E-state index contributed by atoms with van der Waals surface area (Å²) in [7, 11) is 0. The Hall–Kier alpha value is -1.56. The molecule has 0 aliphatic carbocycles. The van der Waals surface area contributed by atoms with Gasteiger partial charge in [-0.1, -0.05) is 23.2 Å². The molecule has 0 aliphatic heterocycles. The first kappa shape index (κ1) is 15.8. The number of halogens is 2. The van der Waals surface area contributed by atoms with E-state index in [2.05, 4.69) is 5.32 Å². The predicted molar refractivity (Wildman–Crippen MR) is 84.7 cm³/mol. The fourth-order valence-electron chi connectivity index (χ4n) is 1.62. The molecule has 110 valence electrons. The van der Waals surface area contributed by atoms with E-state index in [4.69, 9.17) is 27.9 Å². The van der Waals surface area contributed by atoms with Crippen LogP contribution in [0.1, 0.15) is 27.6 Å². The van der Waals surface area contributed by atoms with Gasteiger partial charge < -0.3 is 10.1 Å². The zero-order chi connectivity index (χ0) is 15.4. The smallest absolute Gasteiger partial charge is 0.341 e. The number of nitrogens with one attached hydrogen (secondary N) is 1. The number of hydrogen-bond acceptors (Lipinski definition) is 4. The number of ether oxygens (including phenoxy) is 1. The molecule has 21 heavy (non-hydrogen) atoms. The van der Waals surface area contributed by atoms with Crippen molar-refractivity contribution in [3.8, 4) is 0 Å². The predicted octanol–water partition coefficient (Wildman–Crippen LogP) is 4.48. The second-order valence-electron chi connectivity index (χ2n) is 3.96. The molecule has 4 nitrogen and oxygen atoms in total.